The molecule has 1 aliphatic rings. The summed E-state index contributed by atoms with van der Waals surface area (Å²) in [4.78, 5) is 4.41. The van der Waals surface area contributed by atoms with Gasteiger partial charge in [0, 0.05) is 23.7 Å². The van der Waals surface area contributed by atoms with Crippen molar-refractivity contribution in [3.63, 3.8) is 0 Å². The van der Waals surface area contributed by atoms with Gasteiger partial charge < -0.3 is 5.32 Å². The van der Waals surface area contributed by atoms with Crippen molar-refractivity contribution in [1.82, 2.24) is 10.3 Å². The summed E-state index contributed by atoms with van der Waals surface area (Å²) in [7, 11) is 0. The summed E-state index contributed by atoms with van der Waals surface area (Å²) in [6.45, 7) is 5.20. The van der Waals surface area contributed by atoms with E-state index in [0.29, 0.717) is 0 Å². The van der Waals surface area contributed by atoms with Crippen molar-refractivity contribution in [3.8, 4) is 0 Å². The first-order valence-corrected chi connectivity index (χ1v) is 5.94. The van der Waals surface area contributed by atoms with E-state index in [9.17, 15) is 0 Å². The minimum Gasteiger partial charge on any atom is -0.310 e. The molecule has 2 rings (SSSR count). The molecule has 0 spiro atoms. The lowest BCUT2D eigenvalue weighted by molar-refractivity contribution is 0.735. The molecule has 1 aliphatic carbocycles. The van der Waals surface area contributed by atoms with Crippen molar-refractivity contribution in [2.24, 2.45) is 0 Å². The summed E-state index contributed by atoms with van der Waals surface area (Å²) >= 11 is 1.71. The molecule has 1 heterocycles. The van der Waals surface area contributed by atoms with Crippen LogP contribution in [0.25, 0.3) is 6.08 Å². The fourth-order valence-corrected chi connectivity index (χ4v) is 2.10. The highest BCUT2D eigenvalue weighted by Crippen LogP contribution is 2.19. The molecule has 0 atom stereocenters. The van der Waals surface area contributed by atoms with E-state index in [1.165, 1.54) is 18.4 Å². The lowest BCUT2D eigenvalue weighted by Crippen LogP contribution is -2.18. The summed E-state index contributed by atoms with van der Waals surface area (Å²) in [6, 6.07) is 0.788. The maximum Gasteiger partial charge on any atom is 0.116 e. The molecular weight excluding hydrogens is 192 g/mol. The number of aryl methyl sites for hydroxylation is 1. The molecule has 2 nitrogen and oxygen atoms in total. The van der Waals surface area contributed by atoms with Crippen LogP contribution in [0.3, 0.4) is 0 Å². The van der Waals surface area contributed by atoms with E-state index in [2.05, 4.69) is 28.7 Å². The van der Waals surface area contributed by atoms with Crippen LogP contribution in [-0.2, 0) is 0 Å². The number of aromatic nitrogens is 1. The van der Waals surface area contributed by atoms with Crippen molar-refractivity contribution < 1.29 is 0 Å². The van der Waals surface area contributed by atoms with Gasteiger partial charge in [0.2, 0.25) is 0 Å². The number of rotatable bonds is 4. The maximum atomic E-state index is 4.41. The number of nitrogens with one attached hydrogen (secondary N) is 1. The van der Waals surface area contributed by atoms with Gasteiger partial charge >= 0.3 is 0 Å². The van der Waals surface area contributed by atoms with Crippen molar-refractivity contribution in [1.29, 1.82) is 0 Å². The Labute approximate surface area is 89.1 Å². The van der Waals surface area contributed by atoms with Gasteiger partial charge in [-0.1, -0.05) is 5.57 Å². The van der Waals surface area contributed by atoms with Crippen molar-refractivity contribution in [3.05, 3.63) is 21.7 Å². The van der Waals surface area contributed by atoms with E-state index < -0.39 is 0 Å². The molecule has 1 aromatic heterocycles. The third-order valence-corrected chi connectivity index (χ3v) is 3.16. The van der Waals surface area contributed by atoms with Gasteiger partial charge in [0.25, 0.3) is 0 Å². The Morgan fingerprint density at radius 3 is 3.07 bits per heavy atom. The van der Waals surface area contributed by atoms with Crippen molar-refractivity contribution >= 4 is 17.4 Å². The second kappa shape index (κ2) is 4.24. The summed E-state index contributed by atoms with van der Waals surface area (Å²) in [5.41, 5.74) is 2.48. The van der Waals surface area contributed by atoms with Crippen LogP contribution >= 0.6 is 11.3 Å². The highest BCUT2D eigenvalue weighted by Gasteiger charge is 2.19. The molecule has 1 fully saturated rings. The normalized spacial score (nSPS) is 17.4. The molecule has 0 amide bonds. The van der Waals surface area contributed by atoms with Gasteiger partial charge in [0.05, 0.1) is 0 Å². The van der Waals surface area contributed by atoms with Crippen molar-refractivity contribution in [2.45, 2.75) is 32.7 Å². The Balaban J connectivity index is 1.88. The zero-order chi connectivity index (χ0) is 9.97. The van der Waals surface area contributed by atoms with Gasteiger partial charge in [-0.3, -0.25) is 0 Å². The average molecular weight is 208 g/mol. The fraction of sp³-hybridized carbons (Fsp3) is 0.545. The quantitative estimate of drug-likeness (QED) is 0.822. The fourth-order valence-electron chi connectivity index (χ4n) is 1.29. The standard InChI is InChI=1S/C11H16N2S/c1-8(6-12-10-3-4-10)5-11-13-9(2)7-14-11/h5,7,10,12H,3-4,6H2,1-2H3. The monoisotopic (exact) mass is 208 g/mol. The SMILES string of the molecule is CC(=Cc1nc(C)cs1)CNC1CC1. The van der Waals surface area contributed by atoms with Gasteiger partial charge in [-0.05, 0) is 32.8 Å². The zero-order valence-corrected chi connectivity index (χ0v) is 9.53. The number of nitrogens with zero attached hydrogens (tertiary/aromatic N) is 1. The van der Waals surface area contributed by atoms with E-state index in [1.807, 2.05) is 6.92 Å². The summed E-state index contributed by atoms with van der Waals surface area (Å²) < 4.78 is 0. The van der Waals surface area contributed by atoms with Crippen LogP contribution < -0.4 is 5.32 Å². The highest BCUT2D eigenvalue weighted by molar-refractivity contribution is 7.10. The van der Waals surface area contributed by atoms with E-state index in [0.717, 1.165) is 23.3 Å². The second-order valence-corrected chi connectivity index (χ2v) is 4.86. The molecule has 0 unspecified atom stereocenters. The van der Waals surface area contributed by atoms with E-state index in [-0.39, 0.29) is 0 Å². The molecule has 3 heteroatoms. The Morgan fingerprint density at radius 1 is 1.71 bits per heavy atom. The molecule has 1 aromatic rings. The molecule has 76 valence electrons. The van der Waals surface area contributed by atoms with Crippen LogP contribution in [0.15, 0.2) is 11.0 Å². The summed E-state index contributed by atoms with van der Waals surface area (Å²) in [5, 5.41) is 6.71. The third kappa shape index (κ3) is 2.93. The molecule has 0 radical (unpaired) electrons. The first-order chi connectivity index (χ1) is 6.74. The van der Waals surface area contributed by atoms with E-state index in [1.54, 1.807) is 11.3 Å². The summed E-state index contributed by atoms with van der Waals surface area (Å²) in [5.74, 6) is 0. The molecule has 14 heavy (non-hydrogen) atoms. The van der Waals surface area contributed by atoms with Crippen LogP contribution in [-0.4, -0.2) is 17.6 Å². The minimum absolute atomic E-state index is 0.788. The largest absolute Gasteiger partial charge is 0.310 e. The Morgan fingerprint density at radius 2 is 2.50 bits per heavy atom. The van der Waals surface area contributed by atoms with Gasteiger partial charge in [-0.15, -0.1) is 11.3 Å². The number of hydrogen-bond acceptors (Lipinski definition) is 3. The molecular formula is C11H16N2S. The Bertz CT molecular complexity index is 337. The molecule has 1 N–H and O–H groups in total. The lowest BCUT2D eigenvalue weighted by Gasteiger charge is -2.01. The molecule has 0 saturated heterocycles. The second-order valence-electron chi connectivity index (χ2n) is 3.97. The highest BCUT2D eigenvalue weighted by atomic mass is 32.1. The maximum absolute atomic E-state index is 4.41. The average Bonchev–Trinajstić information content (AvgIpc) is 2.88. The van der Waals surface area contributed by atoms with E-state index in [4.69, 9.17) is 0 Å². The van der Waals surface area contributed by atoms with Gasteiger partial charge in [0.1, 0.15) is 5.01 Å². The topological polar surface area (TPSA) is 24.9 Å². The van der Waals surface area contributed by atoms with Crippen LogP contribution in [0.2, 0.25) is 0 Å². The van der Waals surface area contributed by atoms with Gasteiger partial charge in [-0.25, -0.2) is 4.98 Å². The van der Waals surface area contributed by atoms with Crippen molar-refractivity contribution in [2.75, 3.05) is 6.54 Å². The van der Waals surface area contributed by atoms with Crippen LogP contribution in [0.1, 0.15) is 30.5 Å². The Kier molecular flexibility index (Phi) is 2.99. The Hall–Kier alpha value is -0.670. The predicted octanol–water partition coefficient (Wildman–Crippen LogP) is 2.61. The number of hydrogen-bond donors (Lipinski definition) is 1. The minimum atomic E-state index is 0.788. The lowest BCUT2D eigenvalue weighted by atomic mass is 10.3. The molecule has 1 saturated carbocycles. The molecule has 0 aliphatic heterocycles. The molecule has 0 bridgehead atoms. The predicted molar refractivity (Wildman–Crippen MR) is 61.5 cm³/mol. The molecule has 0 aromatic carbocycles. The smallest absolute Gasteiger partial charge is 0.116 e. The van der Waals surface area contributed by atoms with Gasteiger partial charge in [-0.2, -0.15) is 0 Å². The van der Waals surface area contributed by atoms with Crippen LogP contribution in [0.5, 0.6) is 0 Å². The van der Waals surface area contributed by atoms with E-state index >= 15 is 0 Å². The van der Waals surface area contributed by atoms with Crippen LogP contribution in [0, 0.1) is 6.92 Å². The van der Waals surface area contributed by atoms with Gasteiger partial charge in [0.15, 0.2) is 0 Å². The zero-order valence-electron chi connectivity index (χ0n) is 8.71. The summed E-state index contributed by atoms with van der Waals surface area (Å²) in [6.07, 6.45) is 4.88. The first-order valence-electron chi connectivity index (χ1n) is 5.07. The number of thiazole rings is 1. The first kappa shape index (κ1) is 9.87. The van der Waals surface area contributed by atoms with Crippen LogP contribution in [0.4, 0.5) is 0 Å². The third-order valence-electron chi connectivity index (χ3n) is 2.25.